The molecule has 1 aliphatic carbocycles. The molecule has 1 amide bonds. The lowest BCUT2D eigenvalue weighted by molar-refractivity contribution is -0.111. The van der Waals surface area contributed by atoms with E-state index in [4.69, 9.17) is 4.74 Å². The zero-order chi connectivity index (χ0) is 18.6. The summed E-state index contributed by atoms with van der Waals surface area (Å²) in [6.45, 7) is 0. The number of ether oxygens (including phenoxy) is 1. The zero-order valence-corrected chi connectivity index (χ0v) is 14.9. The average Bonchev–Trinajstić information content (AvgIpc) is 3.44. The van der Waals surface area contributed by atoms with Crippen molar-refractivity contribution in [3.05, 3.63) is 60.2 Å². The standard InChI is InChI=1S/C20H19N5O2/c1-27-18-5-3-2-4-14(18)8-13-19(26)21-16-9-6-15(7-10-16)20-22-23-24-25(20)17-11-12-17/h2-10,13,17H,11-12H2,1H3,(H,21,26)/b13-8+. The van der Waals surface area contributed by atoms with Gasteiger partial charge in [-0.25, -0.2) is 4.68 Å². The molecule has 1 aliphatic rings. The van der Waals surface area contributed by atoms with Crippen LogP contribution in [-0.4, -0.2) is 33.2 Å². The van der Waals surface area contributed by atoms with Gasteiger partial charge in [-0.1, -0.05) is 18.2 Å². The van der Waals surface area contributed by atoms with Crippen molar-refractivity contribution in [2.75, 3.05) is 12.4 Å². The number of nitrogens with zero attached hydrogens (tertiary/aromatic N) is 4. The molecule has 1 heterocycles. The SMILES string of the molecule is COc1ccccc1/C=C/C(=O)Nc1ccc(-c2nnnn2C2CC2)cc1. The predicted octanol–water partition coefficient (Wildman–Crippen LogP) is 3.34. The van der Waals surface area contributed by atoms with E-state index in [1.165, 1.54) is 6.08 Å². The van der Waals surface area contributed by atoms with Crippen molar-refractivity contribution in [3.63, 3.8) is 0 Å². The fourth-order valence-corrected chi connectivity index (χ4v) is 2.80. The summed E-state index contributed by atoms with van der Waals surface area (Å²) in [7, 11) is 1.61. The van der Waals surface area contributed by atoms with E-state index in [2.05, 4.69) is 20.8 Å². The Kier molecular flexibility index (Phi) is 4.65. The molecular formula is C20H19N5O2. The highest BCUT2D eigenvalue weighted by atomic mass is 16.5. The lowest BCUT2D eigenvalue weighted by Crippen LogP contribution is -2.07. The van der Waals surface area contributed by atoms with E-state index < -0.39 is 0 Å². The molecule has 7 nitrogen and oxygen atoms in total. The largest absolute Gasteiger partial charge is 0.496 e. The van der Waals surface area contributed by atoms with Gasteiger partial charge in [0, 0.05) is 22.9 Å². The number of benzene rings is 2. The Bertz CT molecular complexity index is 974. The van der Waals surface area contributed by atoms with Crippen molar-refractivity contribution < 1.29 is 9.53 Å². The highest BCUT2D eigenvalue weighted by molar-refractivity contribution is 6.02. The molecule has 0 unspecified atom stereocenters. The van der Waals surface area contributed by atoms with Gasteiger partial charge in [0.1, 0.15) is 5.75 Å². The van der Waals surface area contributed by atoms with E-state index in [0.717, 1.165) is 35.5 Å². The second kappa shape index (κ2) is 7.41. The van der Waals surface area contributed by atoms with E-state index >= 15 is 0 Å². The molecular weight excluding hydrogens is 342 g/mol. The second-order valence-electron chi connectivity index (χ2n) is 6.32. The van der Waals surface area contributed by atoms with Crippen molar-refractivity contribution in [1.82, 2.24) is 20.2 Å². The third-order valence-corrected chi connectivity index (χ3v) is 4.35. The van der Waals surface area contributed by atoms with Gasteiger partial charge in [-0.3, -0.25) is 4.79 Å². The molecule has 1 fully saturated rings. The Balaban J connectivity index is 1.43. The number of methoxy groups -OCH3 is 1. The monoisotopic (exact) mass is 361 g/mol. The Hall–Kier alpha value is -3.48. The average molecular weight is 361 g/mol. The molecule has 2 aromatic carbocycles. The summed E-state index contributed by atoms with van der Waals surface area (Å²) < 4.78 is 7.14. The molecule has 0 bridgehead atoms. The van der Waals surface area contributed by atoms with E-state index in [0.29, 0.717) is 11.7 Å². The Morgan fingerprint density at radius 3 is 2.70 bits per heavy atom. The van der Waals surface area contributed by atoms with Gasteiger partial charge in [0.25, 0.3) is 0 Å². The van der Waals surface area contributed by atoms with Crippen LogP contribution in [0.2, 0.25) is 0 Å². The number of carbonyl (C=O) groups excluding carboxylic acids is 1. The molecule has 1 aromatic heterocycles. The summed E-state index contributed by atoms with van der Waals surface area (Å²) in [5, 5.41) is 14.8. The molecule has 0 radical (unpaired) electrons. The summed E-state index contributed by atoms with van der Waals surface area (Å²) >= 11 is 0. The summed E-state index contributed by atoms with van der Waals surface area (Å²) in [6.07, 6.45) is 5.45. The van der Waals surface area contributed by atoms with Crippen LogP contribution in [0.15, 0.2) is 54.6 Å². The van der Waals surface area contributed by atoms with Crippen LogP contribution < -0.4 is 10.1 Å². The first-order chi connectivity index (χ1) is 13.2. The van der Waals surface area contributed by atoms with Crippen LogP contribution in [-0.2, 0) is 4.79 Å². The van der Waals surface area contributed by atoms with Gasteiger partial charge in [-0.15, -0.1) is 5.10 Å². The van der Waals surface area contributed by atoms with Crippen molar-refractivity contribution in [2.45, 2.75) is 18.9 Å². The molecule has 1 N–H and O–H groups in total. The maximum Gasteiger partial charge on any atom is 0.248 e. The minimum Gasteiger partial charge on any atom is -0.496 e. The number of aromatic nitrogens is 4. The molecule has 0 atom stereocenters. The molecule has 0 aliphatic heterocycles. The Labute approximate surface area is 156 Å². The minimum absolute atomic E-state index is 0.212. The molecule has 7 heteroatoms. The predicted molar refractivity (Wildman–Crippen MR) is 102 cm³/mol. The number of amides is 1. The van der Waals surface area contributed by atoms with Crippen molar-refractivity contribution >= 4 is 17.7 Å². The molecule has 0 saturated heterocycles. The first kappa shape index (κ1) is 17.0. The number of rotatable bonds is 6. The van der Waals surface area contributed by atoms with Gasteiger partial charge in [0.15, 0.2) is 5.82 Å². The summed E-state index contributed by atoms with van der Waals surface area (Å²) in [4.78, 5) is 12.2. The molecule has 0 spiro atoms. The third-order valence-electron chi connectivity index (χ3n) is 4.35. The Morgan fingerprint density at radius 2 is 1.96 bits per heavy atom. The fourth-order valence-electron chi connectivity index (χ4n) is 2.80. The number of carbonyl (C=O) groups is 1. The maximum absolute atomic E-state index is 12.2. The quantitative estimate of drug-likeness (QED) is 0.681. The number of para-hydroxylation sites is 1. The number of nitrogens with one attached hydrogen (secondary N) is 1. The molecule has 4 rings (SSSR count). The summed E-state index contributed by atoms with van der Waals surface area (Å²) in [6, 6.07) is 15.4. The zero-order valence-electron chi connectivity index (χ0n) is 14.9. The van der Waals surface area contributed by atoms with Crippen LogP contribution in [0.5, 0.6) is 5.75 Å². The van der Waals surface area contributed by atoms with Crippen molar-refractivity contribution in [3.8, 4) is 17.1 Å². The minimum atomic E-state index is -0.212. The van der Waals surface area contributed by atoms with E-state index in [9.17, 15) is 4.79 Å². The van der Waals surface area contributed by atoms with Crippen molar-refractivity contribution in [2.24, 2.45) is 0 Å². The van der Waals surface area contributed by atoms with E-state index in [1.54, 1.807) is 13.2 Å². The number of hydrogen-bond acceptors (Lipinski definition) is 5. The normalized spacial score (nSPS) is 13.7. The van der Waals surface area contributed by atoms with Gasteiger partial charge in [0.2, 0.25) is 5.91 Å². The molecule has 3 aromatic rings. The first-order valence-electron chi connectivity index (χ1n) is 8.75. The topological polar surface area (TPSA) is 81.9 Å². The van der Waals surface area contributed by atoms with Crippen LogP contribution in [0, 0.1) is 0 Å². The number of hydrogen-bond donors (Lipinski definition) is 1. The lowest BCUT2D eigenvalue weighted by atomic mass is 10.1. The van der Waals surface area contributed by atoms with Gasteiger partial charge < -0.3 is 10.1 Å². The first-order valence-corrected chi connectivity index (χ1v) is 8.75. The second-order valence-corrected chi connectivity index (χ2v) is 6.32. The Morgan fingerprint density at radius 1 is 1.19 bits per heavy atom. The maximum atomic E-state index is 12.2. The van der Waals surface area contributed by atoms with E-state index in [1.807, 2.05) is 53.2 Å². The number of tetrazole rings is 1. The van der Waals surface area contributed by atoms with Crippen LogP contribution in [0.25, 0.3) is 17.5 Å². The third kappa shape index (κ3) is 3.87. The van der Waals surface area contributed by atoms with E-state index in [-0.39, 0.29) is 5.91 Å². The summed E-state index contributed by atoms with van der Waals surface area (Å²) in [5.74, 6) is 1.27. The van der Waals surface area contributed by atoms with Crippen LogP contribution in [0.3, 0.4) is 0 Å². The fraction of sp³-hybridized carbons (Fsp3) is 0.200. The van der Waals surface area contributed by atoms with Gasteiger partial charge in [-0.05, 0) is 59.7 Å². The summed E-state index contributed by atoms with van der Waals surface area (Å²) in [5.41, 5.74) is 2.48. The highest BCUT2D eigenvalue weighted by Gasteiger charge is 2.28. The highest BCUT2D eigenvalue weighted by Crippen LogP contribution is 2.36. The number of anilines is 1. The molecule has 136 valence electrons. The molecule has 1 saturated carbocycles. The van der Waals surface area contributed by atoms with Crippen LogP contribution in [0.4, 0.5) is 5.69 Å². The van der Waals surface area contributed by atoms with Gasteiger partial charge in [0.05, 0.1) is 13.2 Å². The van der Waals surface area contributed by atoms with Gasteiger partial charge in [-0.2, -0.15) is 0 Å². The van der Waals surface area contributed by atoms with Crippen molar-refractivity contribution in [1.29, 1.82) is 0 Å². The van der Waals surface area contributed by atoms with Gasteiger partial charge >= 0.3 is 0 Å². The molecule has 27 heavy (non-hydrogen) atoms. The lowest BCUT2D eigenvalue weighted by Gasteiger charge is -2.06. The van der Waals surface area contributed by atoms with Crippen LogP contribution >= 0.6 is 0 Å². The van der Waals surface area contributed by atoms with Crippen LogP contribution in [0.1, 0.15) is 24.4 Å². The smallest absolute Gasteiger partial charge is 0.248 e.